The molecule has 0 aliphatic carbocycles. The highest BCUT2D eigenvalue weighted by Gasteiger charge is 1.91. The normalized spacial score (nSPS) is 9.56. The molecule has 0 aliphatic heterocycles. The van der Waals surface area contributed by atoms with Crippen molar-refractivity contribution < 1.29 is 15.0 Å². The first-order chi connectivity index (χ1) is 7.74. The van der Waals surface area contributed by atoms with E-state index in [1.54, 1.807) is 0 Å². The molecular weight excluding hydrogens is 206 g/mol. The Balaban J connectivity index is 0.000000168. The summed E-state index contributed by atoms with van der Waals surface area (Å²) in [6, 6.07) is 10.3. The molecule has 16 heavy (non-hydrogen) atoms. The van der Waals surface area contributed by atoms with Gasteiger partial charge in [0, 0.05) is 24.7 Å². The van der Waals surface area contributed by atoms with Crippen LogP contribution in [-0.4, -0.2) is 27.8 Å². The van der Waals surface area contributed by atoms with Gasteiger partial charge in [-0.2, -0.15) is 0 Å². The van der Waals surface area contributed by atoms with Gasteiger partial charge in [-0.1, -0.05) is 18.2 Å². The zero-order chi connectivity index (χ0) is 11.8. The van der Waals surface area contributed by atoms with Gasteiger partial charge < -0.3 is 15.2 Å². The number of aliphatic carboxylic acids is 1. The average molecular weight is 221 g/mol. The largest absolute Gasteiger partial charge is 0.481 e. The van der Waals surface area contributed by atoms with Crippen LogP contribution in [0.25, 0.3) is 10.9 Å². The zero-order valence-electron chi connectivity index (χ0n) is 8.89. The molecule has 2 aromatic rings. The van der Waals surface area contributed by atoms with Gasteiger partial charge in [0.2, 0.25) is 0 Å². The number of aromatic nitrogens is 1. The molecule has 1 heterocycles. The number of fused-ring (bicyclic) bond motifs is 1. The Labute approximate surface area is 93.5 Å². The van der Waals surface area contributed by atoms with Crippen LogP contribution >= 0.6 is 0 Å². The number of carboxylic acids is 1. The average Bonchev–Trinajstić information content (AvgIpc) is 2.75. The summed E-state index contributed by atoms with van der Waals surface area (Å²) in [6.07, 6.45) is 2.37. The Bertz CT molecular complexity index is 406. The van der Waals surface area contributed by atoms with E-state index in [0.29, 0.717) is 6.42 Å². The van der Waals surface area contributed by atoms with Gasteiger partial charge >= 0.3 is 5.97 Å². The summed E-state index contributed by atoms with van der Waals surface area (Å²) >= 11 is 0. The van der Waals surface area contributed by atoms with Gasteiger partial charge in [0.1, 0.15) is 0 Å². The molecule has 1 aromatic heterocycles. The molecule has 0 amide bonds. The van der Waals surface area contributed by atoms with Gasteiger partial charge in [0.05, 0.1) is 0 Å². The number of aromatic amines is 1. The number of hydrogen-bond donors (Lipinski definition) is 3. The summed E-state index contributed by atoms with van der Waals surface area (Å²) in [5.74, 6) is -0.853. The molecule has 4 heteroatoms. The predicted molar refractivity (Wildman–Crippen MR) is 62.3 cm³/mol. The summed E-state index contributed by atoms with van der Waals surface area (Å²) < 4.78 is 0. The fraction of sp³-hybridized carbons (Fsp3) is 0.250. The van der Waals surface area contributed by atoms with E-state index in [9.17, 15) is 4.79 Å². The second-order valence-electron chi connectivity index (χ2n) is 3.29. The van der Waals surface area contributed by atoms with Gasteiger partial charge in [-0.3, -0.25) is 4.79 Å². The summed E-state index contributed by atoms with van der Waals surface area (Å²) in [5, 5.41) is 17.3. The van der Waals surface area contributed by atoms with Crippen LogP contribution in [0.1, 0.15) is 12.8 Å². The Morgan fingerprint density at radius 1 is 1.25 bits per heavy atom. The number of carbonyl (C=O) groups is 1. The van der Waals surface area contributed by atoms with E-state index in [1.165, 1.54) is 10.9 Å². The maximum atomic E-state index is 9.65. The van der Waals surface area contributed by atoms with E-state index in [1.807, 2.05) is 18.3 Å². The minimum absolute atomic E-state index is 0.0354. The van der Waals surface area contributed by atoms with Crippen LogP contribution in [0.2, 0.25) is 0 Å². The maximum absolute atomic E-state index is 9.65. The lowest BCUT2D eigenvalue weighted by atomic mass is 10.3. The van der Waals surface area contributed by atoms with Crippen molar-refractivity contribution in [2.75, 3.05) is 6.61 Å². The zero-order valence-corrected chi connectivity index (χ0v) is 8.89. The van der Waals surface area contributed by atoms with Gasteiger partial charge in [-0.25, -0.2) is 0 Å². The van der Waals surface area contributed by atoms with Crippen molar-refractivity contribution in [1.82, 2.24) is 4.98 Å². The van der Waals surface area contributed by atoms with E-state index in [4.69, 9.17) is 10.2 Å². The van der Waals surface area contributed by atoms with Crippen LogP contribution in [0, 0.1) is 0 Å². The standard InChI is InChI=1S/C8H7N.C4H8O3/c1-2-4-8-7(3-1)5-6-9-8;5-3-1-2-4(6)7/h1-6,9H;5H,1-3H2,(H,6,7). The van der Waals surface area contributed by atoms with E-state index in [2.05, 4.69) is 23.2 Å². The van der Waals surface area contributed by atoms with Crippen molar-refractivity contribution in [2.24, 2.45) is 0 Å². The molecule has 0 bridgehead atoms. The number of rotatable bonds is 3. The number of benzene rings is 1. The number of para-hydroxylation sites is 1. The molecule has 3 N–H and O–H groups in total. The number of aliphatic hydroxyl groups is 1. The van der Waals surface area contributed by atoms with Crippen molar-refractivity contribution in [3.63, 3.8) is 0 Å². The monoisotopic (exact) mass is 221 g/mol. The number of aliphatic hydroxyl groups excluding tert-OH is 1. The fourth-order valence-corrected chi connectivity index (χ4v) is 1.23. The molecule has 0 atom stereocenters. The summed E-state index contributed by atoms with van der Waals surface area (Å²) in [7, 11) is 0. The topological polar surface area (TPSA) is 73.3 Å². The molecule has 4 nitrogen and oxygen atoms in total. The smallest absolute Gasteiger partial charge is 0.303 e. The molecule has 0 spiro atoms. The van der Waals surface area contributed by atoms with E-state index < -0.39 is 5.97 Å². The molecular formula is C12H15NO3. The van der Waals surface area contributed by atoms with Crippen LogP contribution in [0.15, 0.2) is 36.5 Å². The van der Waals surface area contributed by atoms with Crippen molar-refractivity contribution in [3.05, 3.63) is 36.5 Å². The molecule has 0 fully saturated rings. The second-order valence-corrected chi connectivity index (χ2v) is 3.29. The SMILES string of the molecule is O=C(O)CCCO.c1ccc2[nH]ccc2c1. The Morgan fingerprint density at radius 2 is 2.00 bits per heavy atom. The van der Waals surface area contributed by atoms with Crippen LogP contribution in [-0.2, 0) is 4.79 Å². The first-order valence-corrected chi connectivity index (χ1v) is 5.09. The van der Waals surface area contributed by atoms with E-state index in [-0.39, 0.29) is 13.0 Å². The van der Waals surface area contributed by atoms with Crippen molar-refractivity contribution in [3.8, 4) is 0 Å². The number of nitrogens with one attached hydrogen (secondary N) is 1. The lowest BCUT2D eigenvalue weighted by Crippen LogP contribution is -1.95. The number of carboxylic acid groups (broad SMARTS) is 1. The number of H-pyrrole nitrogens is 1. The van der Waals surface area contributed by atoms with Crippen molar-refractivity contribution in [1.29, 1.82) is 0 Å². The summed E-state index contributed by atoms with van der Waals surface area (Å²) in [4.78, 5) is 12.8. The lowest BCUT2D eigenvalue weighted by Gasteiger charge is -1.85. The number of hydrogen-bond acceptors (Lipinski definition) is 2. The highest BCUT2D eigenvalue weighted by molar-refractivity contribution is 5.78. The highest BCUT2D eigenvalue weighted by atomic mass is 16.4. The Morgan fingerprint density at radius 3 is 2.56 bits per heavy atom. The Hall–Kier alpha value is -1.81. The third-order valence-electron chi connectivity index (χ3n) is 2.01. The first-order valence-electron chi connectivity index (χ1n) is 5.09. The van der Waals surface area contributed by atoms with Gasteiger partial charge in [-0.05, 0) is 23.9 Å². The lowest BCUT2D eigenvalue weighted by molar-refractivity contribution is -0.137. The third kappa shape index (κ3) is 4.14. The molecule has 0 saturated carbocycles. The van der Waals surface area contributed by atoms with Crippen LogP contribution in [0.4, 0.5) is 0 Å². The van der Waals surface area contributed by atoms with Gasteiger partial charge in [0.25, 0.3) is 0 Å². The minimum Gasteiger partial charge on any atom is -0.481 e. The molecule has 0 saturated heterocycles. The molecule has 0 unspecified atom stereocenters. The molecule has 1 aromatic carbocycles. The van der Waals surface area contributed by atoms with Crippen molar-refractivity contribution >= 4 is 16.9 Å². The highest BCUT2D eigenvalue weighted by Crippen LogP contribution is 2.09. The minimum atomic E-state index is -0.853. The van der Waals surface area contributed by atoms with E-state index in [0.717, 1.165) is 0 Å². The van der Waals surface area contributed by atoms with E-state index >= 15 is 0 Å². The third-order valence-corrected chi connectivity index (χ3v) is 2.01. The molecule has 0 radical (unpaired) electrons. The van der Waals surface area contributed by atoms with Gasteiger partial charge in [-0.15, -0.1) is 0 Å². The Kier molecular flexibility index (Phi) is 5.08. The molecule has 86 valence electrons. The molecule has 0 aliphatic rings. The predicted octanol–water partition coefficient (Wildman–Crippen LogP) is 2.01. The van der Waals surface area contributed by atoms with Crippen LogP contribution < -0.4 is 0 Å². The summed E-state index contributed by atoms with van der Waals surface area (Å²) in [6.45, 7) is -0.0354. The fourth-order valence-electron chi connectivity index (χ4n) is 1.23. The van der Waals surface area contributed by atoms with Crippen LogP contribution in [0.3, 0.4) is 0 Å². The van der Waals surface area contributed by atoms with Crippen molar-refractivity contribution in [2.45, 2.75) is 12.8 Å². The first kappa shape index (κ1) is 12.3. The quantitative estimate of drug-likeness (QED) is 0.742. The molecule has 2 rings (SSSR count). The van der Waals surface area contributed by atoms with Crippen LogP contribution in [0.5, 0.6) is 0 Å². The van der Waals surface area contributed by atoms with Gasteiger partial charge in [0.15, 0.2) is 0 Å². The summed E-state index contributed by atoms with van der Waals surface area (Å²) in [5.41, 5.74) is 1.21. The second kappa shape index (κ2) is 6.63. The maximum Gasteiger partial charge on any atom is 0.303 e.